The first-order valence-electron chi connectivity index (χ1n) is 6.72. The molecule has 3 unspecified atom stereocenters. The summed E-state index contributed by atoms with van der Waals surface area (Å²) in [6.45, 7) is 6.49. The lowest BCUT2D eigenvalue weighted by molar-refractivity contribution is -0.140. The number of rotatable bonds is 8. The first-order chi connectivity index (χ1) is 8.77. The summed E-state index contributed by atoms with van der Waals surface area (Å²) in [4.78, 5) is 24.9. The molecule has 3 atom stereocenters. The van der Waals surface area contributed by atoms with Crippen LogP contribution in [0.3, 0.4) is 0 Å². The highest BCUT2D eigenvalue weighted by Crippen LogP contribution is 2.07. The molecule has 0 aliphatic heterocycles. The van der Waals surface area contributed by atoms with Gasteiger partial charge >= 0.3 is 12.0 Å². The molecule has 0 spiro atoms. The summed E-state index contributed by atoms with van der Waals surface area (Å²) < 4.78 is 0. The third-order valence-electron chi connectivity index (χ3n) is 3.15. The zero-order valence-electron chi connectivity index (χ0n) is 12.6. The van der Waals surface area contributed by atoms with E-state index >= 15 is 0 Å². The molecule has 6 nitrogen and oxygen atoms in total. The van der Waals surface area contributed by atoms with E-state index in [0.29, 0.717) is 6.42 Å². The van der Waals surface area contributed by atoms with Gasteiger partial charge < -0.3 is 20.6 Å². The van der Waals surface area contributed by atoms with Crippen molar-refractivity contribution in [3.63, 3.8) is 0 Å². The molecule has 0 aromatic heterocycles. The van der Waals surface area contributed by atoms with Crippen LogP contribution in [-0.4, -0.2) is 54.7 Å². The Morgan fingerprint density at radius 1 is 1.21 bits per heavy atom. The second kappa shape index (κ2) is 8.74. The van der Waals surface area contributed by atoms with Crippen molar-refractivity contribution >= 4 is 12.0 Å². The van der Waals surface area contributed by atoms with Crippen molar-refractivity contribution in [1.29, 1.82) is 0 Å². The van der Waals surface area contributed by atoms with E-state index in [-0.39, 0.29) is 12.0 Å². The molecule has 0 fully saturated rings. The van der Waals surface area contributed by atoms with Crippen LogP contribution in [0.25, 0.3) is 0 Å². The minimum absolute atomic E-state index is 0.00813. The number of aliphatic carboxylic acids is 1. The molecule has 0 aromatic carbocycles. The molecule has 3 N–H and O–H groups in total. The Bertz CT molecular complexity index is 295. The van der Waals surface area contributed by atoms with E-state index < -0.39 is 18.0 Å². The van der Waals surface area contributed by atoms with Gasteiger partial charge in [0.2, 0.25) is 0 Å². The van der Waals surface area contributed by atoms with Gasteiger partial charge in [-0.1, -0.05) is 20.3 Å². The summed E-state index contributed by atoms with van der Waals surface area (Å²) >= 11 is 0. The van der Waals surface area contributed by atoms with E-state index in [2.05, 4.69) is 10.6 Å². The molecule has 0 aromatic rings. The van der Waals surface area contributed by atoms with Crippen LogP contribution in [0.15, 0.2) is 0 Å². The second-order valence-electron chi connectivity index (χ2n) is 5.31. The van der Waals surface area contributed by atoms with E-state index in [1.807, 2.05) is 39.8 Å². The molecule has 0 bridgehead atoms. The molecule has 0 rings (SSSR count). The van der Waals surface area contributed by atoms with Crippen molar-refractivity contribution in [3.8, 4) is 0 Å². The molecule has 0 aliphatic carbocycles. The van der Waals surface area contributed by atoms with Gasteiger partial charge in [-0.15, -0.1) is 0 Å². The van der Waals surface area contributed by atoms with Crippen LogP contribution in [0.2, 0.25) is 0 Å². The fourth-order valence-corrected chi connectivity index (χ4v) is 1.61. The van der Waals surface area contributed by atoms with Crippen molar-refractivity contribution in [3.05, 3.63) is 0 Å². The summed E-state index contributed by atoms with van der Waals surface area (Å²) in [5, 5.41) is 14.4. The minimum atomic E-state index is -0.995. The summed E-state index contributed by atoms with van der Waals surface area (Å²) in [6, 6.07) is -1.25. The monoisotopic (exact) mass is 273 g/mol. The number of carbonyl (C=O) groups excluding carboxylic acids is 1. The number of hydrogen-bond acceptors (Lipinski definition) is 3. The summed E-state index contributed by atoms with van der Waals surface area (Å²) in [5.74, 6) is -1.09. The third-order valence-corrected chi connectivity index (χ3v) is 3.15. The molecule has 0 saturated heterocycles. The topological polar surface area (TPSA) is 81.7 Å². The predicted octanol–water partition coefficient (Wildman–Crippen LogP) is 1.13. The van der Waals surface area contributed by atoms with Gasteiger partial charge in [0.1, 0.15) is 6.04 Å². The lowest BCUT2D eigenvalue weighted by atomic mass is 9.99. The van der Waals surface area contributed by atoms with E-state index in [0.717, 1.165) is 13.0 Å². The largest absolute Gasteiger partial charge is 0.480 e. The molecule has 19 heavy (non-hydrogen) atoms. The lowest BCUT2D eigenvalue weighted by Gasteiger charge is -2.22. The highest BCUT2D eigenvalue weighted by atomic mass is 16.4. The number of nitrogens with zero attached hydrogens (tertiary/aromatic N) is 1. The average Bonchev–Trinajstić information content (AvgIpc) is 2.32. The number of carbonyl (C=O) groups is 2. The van der Waals surface area contributed by atoms with Crippen LogP contribution in [0.4, 0.5) is 4.79 Å². The van der Waals surface area contributed by atoms with Crippen LogP contribution in [-0.2, 0) is 4.79 Å². The Kier molecular flexibility index (Phi) is 8.14. The number of hydrogen-bond donors (Lipinski definition) is 3. The maximum absolute atomic E-state index is 11.7. The van der Waals surface area contributed by atoms with Gasteiger partial charge in [0.25, 0.3) is 0 Å². The van der Waals surface area contributed by atoms with Gasteiger partial charge in [0.05, 0.1) is 0 Å². The van der Waals surface area contributed by atoms with Crippen molar-refractivity contribution in [2.75, 3.05) is 20.6 Å². The summed E-state index contributed by atoms with van der Waals surface area (Å²) in [7, 11) is 3.94. The van der Waals surface area contributed by atoms with Crippen LogP contribution >= 0.6 is 0 Å². The zero-order chi connectivity index (χ0) is 15.0. The fourth-order valence-electron chi connectivity index (χ4n) is 1.61. The number of amides is 2. The maximum Gasteiger partial charge on any atom is 0.326 e. The number of urea groups is 1. The molecule has 2 amide bonds. The molecular formula is C13H27N3O3. The lowest BCUT2D eigenvalue weighted by Crippen LogP contribution is -2.51. The fraction of sp³-hybridized carbons (Fsp3) is 0.846. The summed E-state index contributed by atoms with van der Waals surface area (Å²) in [6.07, 6.45) is 1.52. The van der Waals surface area contributed by atoms with E-state index in [4.69, 9.17) is 5.11 Å². The Labute approximate surface area is 115 Å². The van der Waals surface area contributed by atoms with Crippen LogP contribution in [0, 0.1) is 5.92 Å². The number of nitrogens with one attached hydrogen (secondary N) is 2. The highest BCUT2D eigenvalue weighted by Gasteiger charge is 2.25. The standard InChI is InChI=1S/C13H27N3O3/c1-6-9(2)11(12(17)18)15-13(19)14-10(3)7-8-16(4)5/h9-11H,6-8H2,1-5H3,(H,17,18)(H2,14,15,19). The first kappa shape index (κ1) is 17.7. The average molecular weight is 273 g/mol. The van der Waals surface area contributed by atoms with Gasteiger partial charge in [-0.05, 0) is 39.9 Å². The molecule has 0 aliphatic rings. The molecule has 6 heteroatoms. The summed E-state index contributed by atoms with van der Waals surface area (Å²) in [5.41, 5.74) is 0. The van der Waals surface area contributed by atoms with E-state index in [1.165, 1.54) is 0 Å². The van der Waals surface area contributed by atoms with Gasteiger partial charge in [-0.25, -0.2) is 9.59 Å². The van der Waals surface area contributed by atoms with Crippen LogP contribution in [0.5, 0.6) is 0 Å². The van der Waals surface area contributed by atoms with Crippen molar-refractivity contribution in [1.82, 2.24) is 15.5 Å². The number of carboxylic acid groups (broad SMARTS) is 1. The minimum Gasteiger partial charge on any atom is -0.480 e. The number of carboxylic acids is 1. The second-order valence-corrected chi connectivity index (χ2v) is 5.31. The smallest absolute Gasteiger partial charge is 0.326 e. The van der Waals surface area contributed by atoms with Gasteiger partial charge in [-0.2, -0.15) is 0 Å². The van der Waals surface area contributed by atoms with E-state index in [1.54, 1.807) is 0 Å². The zero-order valence-corrected chi connectivity index (χ0v) is 12.6. The Morgan fingerprint density at radius 3 is 2.21 bits per heavy atom. The molecule has 0 saturated carbocycles. The van der Waals surface area contributed by atoms with Gasteiger partial charge in [-0.3, -0.25) is 0 Å². The third kappa shape index (κ3) is 7.66. The molecule has 112 valence electrons. The Hall–Kier alpha value is -1.30. The van der Waals surface area contributed by atoms with Gasteiger partial charge in [0.15, 0.2) is 0 Å². The normalized spacial score (nSPS) is 15.7. The van der Waals surface area contributed by atoms with Crippen molar-refractivity contribution < 1.29 is 14.7 Å². The van der Waals surface area contributed by atoms with Gasteiger partial charge in [0, 0.05) is 6.04 Å². The predicted molar refractivity (Wildman–Crippen MR) is 75.2 cm³/mol. The first-order valence-corrected chi connectivity index (χ1v) is 6.72. The quantitative estimate of drug-likeness (QED) is 0.619. The maximum atomic E-state index is 11.7. The SMILES string of the molecule is CCC(C)C(NC(=O)NC(C)CCN(C)C)C(=O)O. The Balaban J connectivity index is 4.23. The van der Waals surface area contributed by atoms with Crippen molar-refractivity contribution in [2.24, 2.45) is 5.92 Å². The molecular weight excluding hydrogens is 246 g/mol. The molecule has 0 radical (unpaired) electrons. The van der Waals surface area contributed by atoms with Crippen molar-refractivity contribution in [2.45, 2.75) is 45.7 Å². The van der Waals surface area contributed by atoms with Crippen LogP contribution < -0.4 is 10.6 Å². The van der Waals surface area contributed by atoms with E-state index in [9.17, 15) is 9.59 Å². The Morgan fingerprint density at radius 2 is 1.79 bits per heavy atom. The molecule has 0 heterocycles. The van der Waals surface area contributed by atoms with Crippen LogP contribution in [0.1, 0.15) is 33.6 Å². The highest BCUT2D eigenvalue weighted by molar-refractivity contribution is 5.82.